The summed E-state index contributed by atoms with van der Waals surface area (Å²) in [4.78, 5) is 23.3. The molecular formula is C12H20N2O3. The monoisotopic (exact) mass is 240 g/mol. The molecule has 1 rings (SSSR count). The third-order valence-electron chi connectivity index (χ3n) is 2.67. The van der Waals surface area contributed by atoms with E-state index < -0.39 is 0 Å². The van der Waals surface area contributed by atoms with Crippen molar-refractivity contribution in [2.24, 2.45) is 0 Å². The summed E-state index contributed by atoms with van der Waals surface area (Å²) in [6.45, 7) is 6.03. The number of ether oxygens (including phenoxy) is 1. The van der Waals surface area contributed by atoms with Crippen molar-refractivity contribution in [2.45, 2.75) is 46.1 Å². The first-order valence-corrected chi connectivity index (χ1v) is 6.11. The third-order valence-corrected chi connectivity index (χ3v) is 2.67. The fourth-order valence-electron chi connectivity index (χ4n) is 1.94. The topological polar surface area (TPSA) is 67.4 Å². The number of carbonyl (C=O) groups excluding carboxylic acids is 2. The van der Waals surface area contributed by atoms with Crippen LogP contribution in [0.2, 0.25) is 0 Å². The zero-order chi connectivity index (χ0) is 12.8. The van der Waals surface area contributed by atoms with Gasteiger partial charge in [0.2, 0.25) is 0 Å². The number of hydrogen-bond acceptors (Lipinski definition) is 3. The third kappa shape index (κ3) is 3.22. The Morgan fingerprint density at radius 1 is 1.35 bits per heavy atom. The number of esters is 1. The lowest BCUT2D eigenvalue weighted by Gasteiger charge is -2.28. The largest absolute Gasteiger partial charge is 0.463 e. The van der Waals surface area contributed by atoms with Crippen molar-refractivity contribution in [1.82, 2.24) is 10.6 Å². The maximum absolute atomic E-state index is 11.9. The summed E-state index contributed by atoms with van der Waals surface area (Å²) in [6, 6.07) is -0.476. The highest BCUT2D eigenvalue weighted by molar-refractivity contribution is 5.94. The van der Waals surface area contributed by atoms with E-state index in [0.29, 0.717) is 24.3 Å². The van der Waals surface area contributed by atoms with Gasteiger partial charge in [0.1, 0.15) is 0 Å². The summed E-state index contributed by atoms with van der Waals surface area (Å²) in [7, 11) is 0. The maximum Gasteiger partial charge on any atom is 0.337 e. The summed E-state index contributed by atoms with van der Waals surface area (Å²) in [5.74, 6) is -0.338. The van der Waals surface area contributed by atoms with Crippen LogP contribution in [0.4, 0.5) is 4.79 Å². The molecule has 0 saturated carbocycles. The second kappa shape index (κ2) is 6.27. The molecule has 2 N–H and O–H groups in total. The molecule has 0 aliphatic carbocycles. The molecule has 5 heteroatoms. The van der Waals surface area contributed by atoms with E-state index in [9.17, 15) is 9.59 Å². The summed E-state index contributed by atoms with van der Waals surface area (Å²) >= 11 is 0. The quantitative estimate of drug-likeness (QED) is 0.719. The van der Waals surface area contributed by atoms with Crippen LogP contribution < -0.4 is 10.6 Å². The Labute approximate surface area is 102 Å². The molecule has 1 atom stereocenters. The SMILES string of the molecule is CCCC1NC(=O)NC(CC)=C1C(=O)OCC. The number of rotatable bonds is 5. The number of nitrogens with one attached hydrogen (secondary N) is 2. The number of amides is 2. The summed E-state index contributed by atoms with van der Waals surface area (Å²) in [6.07, 6.45) is 2.25. The first-order valence-electron chi connectivity index (χ1n) is 6.11. The molecule has 0 fully saturated rings. The van der Waals surface area contributed by atoms with E-state index in [2.05, 4.69) is 10.6 Å². The van der Waals surface area contributed by atoms with Crippen LogP contribution in [-0.2, 0) is 9.53 Å². The number of urea groups is 1. The van der Waals surface area contributed by atoms with Crippen molar-refractivity contribution in [3.05, 3.63) is 11.3 Å². The second-order valence-corrected chi connectivity index (χ2v) is 3.91. The van der Waals surface area contributed by atoms with Gasteiger partial charge in [-0.15, -0.1) is 0 Å². The lowest BCUT2D eigenvalue weighted by molar-refractivity contribution is -0.139. The minimum absolute atomic E-state index is 0.234. The van der Waals surface area contributed by atoms with Crippen LogP contribution in [0.5, 0.6) is 0 Å². The number of hydrogen-bond donors (Lipinski definition) is 2. The number of carbonyl (C=O) groups is 2. The van der Waals surface area contributed by atoms with Crippen LogP contribution in [-0.4, -0.2) is 24.6 Å². The molecule has 0 saturated heterocycles. The Morgan fingerprint density at radius 2 is 2.06 bits per heavy atom. The van der Waals surface area contributed by atoms with Crippen LogP contribution >= 0.6 is 0 Å². The van der Waals surface area contributed by atoms with Crippen molar-refractivity contribution in [3.8, 4) is 0 Å². The van der Waals surface area contributed by atoms with Crippen LogP contribution in [0, 0.1) is 0 Å². The fourth-order valence-corrected chi connectivity index (χ4v) is 1.94. The molecule has 0 spiro atoms. The lowest BCUT2D eigenvalue weighted by Crippen LogP contribution is -2.50. The van der Waals surface area contributed by atoms with Gasteiger partial charge in [-0.1, -0.05) is 20.3 Å². The molecule has 0 aromatic heterocycles. The van der Waals surface area contributed by atoms with E-state index in [1.54, 1.807) is 6.92 Å². The van der Waals surface area contributed by atoms with Gasteiger partial charge in [-0.25, -0.2) is 9.59 Å². The fraction of sp³-hybridized carbons (Fsp3) is 0.667. The van der Waals surface area contributed by atoms with Gasteiger partial charge >= 0.3 is 12.0 Å². The van der Waals surface area contributed by atoms with Crippen LogP contribution in [0.25, 0.3) is 0 Å². The number of allylic oxidation sites excluding steroid dienone is 1. The summed E-state index contributed by atoms with van der Waals surface area (Å²) < 4.78 is 5.04. The van der Waals surface area contributed by atoms with Gasteiger partial charge in [0.15, 0.2) is 0 Å². The van der Waals surface area contributed by atoms with E-state index in [-0.39, 0.29) is 18.0 Å². The van der Waals surface area contributed by atoms with Gasteiger partial charge in [-0.05, 0) is 19.8 Å². The van der Waals surface area contributed by atoms with Gasteiger partial charge in [-0.3, -0.25) is 0 Å². The van der Waals surface area contributed by atoms with E-state index in [1.807, 2.05) is 13.8 Å². The van der Waals surface area contributed by atoms with Gasteiger partial charge in [0.05, 0.1) is 18.2 Å². The molecule has 0 radical (unpaired) electrons. The Bertz CT molecular complexity index is 337. The molecule has 5 nitrogen and oxygen atoms in total. The van der Waals surface area contributed by atoms with Gasteiger partial charge in [0, 0.05) is 5.70 Å². The Balaban J connectivity index is 3.01. The van der Waals surface area contributed by atoms with E-state index >= 15 is 0 Å². The predicted molar refractivity (Wildman–Crippen MR) is 64.3 cm³/mol. The minimum atomic E-state index is -0.338. The van der Waals surface area contributed by atoms with Crippen molar-refractivity contribution in [2.75, 3.05) is 6.61 Å². The Kier molecular flexibility index (Phi) is 5.00. The first kappa shape index (κ1) is 13.5. The molecule has 17 heavy (non-hydrogen) atoms. The lowest BCUT2D eigenvalue weighted by atomic mass is 9.97. The van der Waals surface area contributed by atoms with Crippen LogP contribution in [0.1, 0.15) is 40.0 Å². The minimum Gasteiger partial charge on any atom is -0.463 e. The van der Waals surface area contributed by atoms with Gasteiger partial charge in [0.25, 0.3) is 0 Å². The molecule has 2 amide bonds. The predicted octanol–water partition coefficient (Wildman–Crippen LogP) is 1.70. The highest BCUT2D eigenvalue weighted by Gasteiger charge is 2.30. The van der Waals surface area contributed by atoms with Crippen molar-refractivity contribution in [3.63, 3.8) is 0 Å². The molecule has 0 aromatic rings. The van der Waals surface area contributed by atoms with E-state index in [1.165, 1.54) is 0 Å². The molecular weight excluding hydrogens is 220 g/mol. The highest BCUT2D eigenvalue weighted by Crippen LogP contribution is 2.19. The molecule has 1 unspecified atom stereocenters. The Hall–Kier alpha value is -1.52. The second-order valence-electron chi connectivity index (χ2n) is 3.91. The molecule has 1 heterocycles. The summed E-state index contributed by atoms with van der Waals surface area (Å²) in [5.41, 5.74) is 1.24. The Morgan fingerprint density at radius 3 is 2.59 bits per heavy atom. The van der Waals surface area contributed by atoms with Crippen LogP contribution in [0.3, 0.4) is 0 Å². The highest BCUT2D eigenvalue weighted by atomic mass is 16.5. The van der Waals surface area contributed by atoms with Gasteiger partial charge in [-0.2, -0.15) is 0 Å². The average molecular weight is 240 g/mol. The van der Waals surface area contributed by atoms with Crippen molar-refractivity contribution >= 4 is 12.0 Å². The van der Waals surface area contributed by atoms with E-state index in [0.717, 1.165) is 12.8 Å². The standard InChI is InChI=1S/C12H20N2O3/c1-4-7-9-10(11(15)17-6-3)8(5-2)13-12(16)14-9/h9H,4-7H2,1-3H3,(H2,13,14,16). The first-order chi connectivity index (χ1) is 8.13. The molecule has 1 aliphatic heterocycles. The normalized spacial score (nSPS) is 19.7. The molecule has 0 bridgehead atoms. The average Bonchev–Trinajstić information content (AvgIpc) is 2.28. The zero-order valence-corrected chi connectivity index (χ0v) is 10.6. The molecule has 96 valence electrons. The van der Waals surface area contributed by atoms with Gasteiger partial charge < -0.3 is 15.4 Å². The van der Waals surface area contributed by atoms with E-state index in [4.69, 9.17) is 4.74 Å². The summed E-state index contributed by atoms with van der Waals surface area (Å²) in [5, 5.41) is 5.43. The van der Waals surface area contributed by atoms with Crippen molar-refractivity contribution < 1.29 is 14.3 Å². The molecule has 0 aromatic carbocycles. The maximum atomic E-state index is 11.9. The molecule has 1 aliphatic rings. The smallest absolute Gasteiger partial charge is 0.337 e. The van der Waals surface area contributed by atoms with Crippen LogP contribution in [0.15, 0.2) is 11.3 Å². The zero-order valence-electron chi connectivity index (χ0n) is 10.6. The van der Waals surface area contributed by atoms with Crippen molar-refractivity contribution in [1.29, 1.82) is 0 Å².